The molecule has 8 heteroatoms. The lowest BCUT2D eigenvalue weighted by molar-refractivity contribution is -0.119. The average Bonchev–Trinajstić information content (AvgIpc) is 2.96. The molecule has 2 heterocycles. The first kappa shape index (κ1) is 17.5. The van der Waals surface area contributed by atoms with Crippen LogP contribution < -0.4 is 5.32 Å². The number of nitrogens with zero attached hydrogens (tertiary/aromatic N) is 4. The van der Waals surface area contributed by atoms with E-state index >= 15 is 0 Å². The zero-order valence-corrected chi connectivity index (χ0v) is 15.0. The second-order valence-corrected chi connectivity index (χ2v) is 6.19. The van der Waals surface area contributed by atoms with Crippen molar-refractivity contribution in [1.82, 2.24) is 19.6 Å². The Labute approximate surface area is 150 Å². The molecule has 0 spiro atoms. The Morgan fingerprint density at radius 2 is 1.73 bits per heavy atom. The molecule has 1 amide bonds. The van der Waals surface area contributed by atoms with Crippen molar-refractivity contribution in [3.8, 4) is 0 Å². The average molecular weight is 353 g/mol. The Morgan fingerprint density at radius 3 is 2.42 bits per heavy atom. The van der Waals surface area contributed by atoms with Gasteiger partial charge >= 0.3 is 5.97 Å². The van der Waals surface area contributed by atoms with Crippen LogP contribution >= 0.6 is 0 Å². The molecule has 0 atom stereocenters. The third kappa shape index (κ3) is 3.85. The summed E-state index contributed by atoms with van der Waals surface area (Å²) in [6, 6.07) is 7.51. The molecule has 3 rings (SSSR count). The SMILES string of the molecule is Cc1cc(C)cc(NC(=O)COC(=O)c2nc3nc(C)cc(C)n3n2)c1. The van der Waals surface area contributed by atoms with Crippen LogP contribution in [0, 0.1) is 27.7 Å². The van der Waals surface area contributed by atoms with Crippen molar-refractivity contribution in [2.24, 2.45) is 0 Å². The Bertz CT molecular complexity index is 989. The molecule has 1 N–H and O–H groups in total. The highest BCUT2D eigenvalue weighted by Gasteiger charge is 2.17. The highest BCUT2D eigenvalue weighted by molar-refractivity contribution is 5.94. The van der Waals surface area contributed by atoms with Crippen LogP contribution in [0.25, 0.3) is 5.78 Å². The summed E-state index contributed by atoms with van der Waals surface area (Å²) in [5, 5.41) is 6.77. The fourth-order valence-electron chi connectivity index (χ4n) is 2.69. The maximum absolute atomic E-state index is 12.1. The normalized spacial score (nSPS) is 10.8. The number of esters is 1. The van der Waals surface area contributed by atoms with Gasteiger partial charge in [-0.05, 0) is 57.0 Å². The number of anilines is 1. The fourth-order valence-corrected chi connectivity index (χ4v) is 2.69. The van der Waals surface area contributed by atoms with Crippen LogP contribution in [-0.4, -0.2) is 38.1 Å². The number of aromatic nitrogens is 4. The van der Waals surface area contributed by atoms with E-state index in [1.807, 2.05) is 52.0 Å². The van der Waals surface area contributed by atoms with E-state index in [0.717, 1.165) is 22.5 Å². The lowest BCUT2D eigenvalue weighted by Gasteiger charge is -2.07. The minimum Gasteiger partial charge on any atom is -0.450 e. The first-order chi connectivity index (χ1) is 12.3. The number of aryl methyl sites for hydroxylation is 4. The van der Waals surface area contributed by atoms with Gasteiger partial charge in [0.2, 0.25) is 0 Å². The third-order valence-corrected chi connectivity index (χ3v) is 3.64. The van der Waals surface area contributed by atoms with Crippen molar-refractivity contribution < 1.29 is 14.3 Å². The van der Waals surface area contributed by atoms with Gasteiger partial charge in [0.15, 0.2) is 6.61 Å². The second kappa shape index (κ2) is 6.91. The predicted octanol–water partition coefficient (Wildman–Crippen LogP) is 2.15. The molecule has 0 aliphatic rings. The lowest BCUT2D eigenvalue weighted by Crippen LogP contribution is -2.21. The number of amides is 1. The van der Waals surface area contributed by atoms with Crippen LogP contribution in [0.4, 0.5) is 5.69 Å². The molecule has 134 valence electrons. The van der Waals surface area contributed by atoms with Gasteiger partial charge in [0.1, 0.15) is 0 Å². The second-order valence-electron chi connectivity index (χ2n) is 6.19. The molecule has 0 bridgehead atoms. The Hall–Kier alpha value is -3.29. The standard InChI is InChI=1S/C18H19N5O3/c1-10-5-11(2)7-14(6-10)20-15(24)9-26-17(25)16-21-18-19-12(3)8-13(4)23(18)22-16/h5-8H,9H2,1-4H3,(H,20,24). The van der Waals surface area contributed by atoms with Crippen molar-refractivity contribution in [2.45, 2.75) is 27.7 Å². The topological polar surface area (TPSA) is 98.5 Å². The van der Waals surface area contributed by atoms with Crippen molar-refractivity contribution in [1.29, 1.82) is 0 Å². The number of ether oxygens (including phenoxy) is 1. The maximum atomic E-state index is 12.1. The van der Waals surface area contributed by atoms with Crippen molar-refractivity contribution in [3.63, 3.8) is 0 Å². The van der Waals surface area contributed by atoms with Gasteiger partial charge in [-0.1, -0.05) is 6.07 Å². The summed E-state index contributed by atoms with van der Waals surface area (Å²) in [5.41, 5.74) is 4.29. The van der Waals surface area contributed by atoms with Gasteiger partial charge in [0, 0.05) is 17.1 Å². The lowest BCUT2D eigenvalue weighted by atomic mass is 10.1. The number of hydrogen-bond acceptors (Lipinski definition) is 6. The molecule has 0 aliphatic heterocycles. The molecule has 26 heavy (non-hydrogen) atoms. The van der Waals surface area contributed by atoms with Crippen LogP contribution in [0.15, 0.2) is 24.3 Å². The van der Waals surface area contributed by atoms with E-state index in [1.165, 1.54) is 4.52 Å². The van der Waals surface area contributed by atoms with Gasteiger partial charge in [-0.2, -0.15) is 4.98 Å². The summed E-state index contributed by atoms with van der Waals surface area (Å²) in [5.74, 6) is -1.03. The zero-order chi connectivity index (χ0) is 18.8. The van der Waals surface area contributed by atoms with Gasteiger partial charge in [-0.25, -0.2) is 14.3 Å². The van der Waals surface area contributed by atoms with E-state index in [2.05, 4.69) is 20.4 Å². The van der Waals surface area contributed by atoms with E-state index in [4.69, 9.17) is 4.74 Å². The molecule has 3 aromatic rings. The Balaban J connectivity index is 1.65. The van der Waals surface area contributed by atoms with Crippen molar-refractivity contribution in [3.05, 3.63) is 52.6 Å². The molecular weight excluding hydrogens is 334 g/mol. The smallest absolute Gasteiger partial charge is 0.378 e. The fraction of sp³-hybridized carbons (Fsp3) is 0.278. The highest BCUT2D eigenvalue weighted by atomic mass is 16.5. The molecule has 2 aromatic heterocycles. The number of benzene rings is 1. The highest BCUT2D eigenvalue weighted by Crippen LogP contribution is 2.13. The molecule has 0 saturated carbocycles. The molecular formula is C18H19N5O3. The summed E-state index contributed by atoms with van der Waals surface area (Å²) in [4.78, 5) is 32.4. The Morgan fingerprint density at radius 1 is 1.04 bits per heavy atom. The minimum atomic E-state index is -0.775. The molecule has 0 radical (unpaired) electrons. The van der Waals surface area contributed by atoms with Crippen LogP contribution in [0.3, 0.4) is 0 Å². The Kier molecular flexibility index (Phi) is 4.66. The molecule has 8 nitrogen and oxygen atoms in total. The van der Waals surface area contributed by atoms with Crippen LogP contribution in [0.5, 0.6) is 0 Å². The molecule has 0 aliphatic carbocycles. The molecule has 0 saturated heterocycles. The summed E-state index contributed by atoms with van der Waals surface area (Å²) >= 11 is 0. The maximum Gasteiger partial charge on any atom is 0.378 e. The predicted molar refractivity (Wildman–Crippen MR) is 95.1 cm³/mol. The van der Waals surface area contributed by atoms with Gasteiger partial charge in [-0.15, -0.1) is 5.10 Å². The molecule has 1 aromatic carbocycles. The zero-order valence-electron chi connectivity index (χ0n) is 15.0. The molecule has 0 fully saturated rings. The largest absolute Gasteiger partial charge is 0.450 e. The third-order valence-electron chi connectivity index (χ3n) is 3.64. The van der Waals surface area contributed by atoms with E-state index < -0.39 is 18.5 Å². The minimum absolute atomic E-state index is 0.134. The van der Waals surface area contributed by atoms with Crippen LogP contribution in [0.1, 0.15) is 33.1 Å². The van der Waals surface area contributed by atoms with E-state index in [0.29, 0.717) is 11.5 Å². The van der Waals surface area contributed by atoms with Crippen molar-refractivity contribution >= 4 is 23.3 Å². The van der Waals surface area contributed by atoms with Crippen LogP contribution in [0.2, 0.25) is 0 Å². The quantitative estimate of drug-likeness (QED) is 0.722. The van der Waals surface area contributed by atoms with E-state index in [9.17, 15) is 9.59 Å². The number of nitrogens with one attached hydrogen (secondary N) is 1. The monoisotopic (exact) mass is 353 g/mol. The summed E-state index contributed by atoms with van der Waals surface area (Å²) in [6.45, 7) is 7.12. The van der Waals surface area contributed by atoms with E-state index in [1.54, 1.807) is 0 Å². The first-order valence-corrected chi connectivity index (χ1v) is 8.08. The van der Waals surface area contributed by atoms with Gasteiger partial charge in [0.05, 0.1) is 0 Å². The van der Waals surface area contributed by atoms with E-state index in [-0.39, 0.29) is 5.82 Å². The number of hydrogen-bond donors (Lipinski definition) is 1. The van der Waals surface area contributed by atoms with Gasteiger partial charge in [-0.3, -0.25) is 4.79 Å². The number of carbonyl (C=O) groups excluding carboxylic acids is 2. The summed E-state index contributed by atoms with van der Waals surface area (Å²) in [6.07, 6.45) is 0. The summed E-state index contributed by atoms with van der Waals surface area (Å²) < 4.78 is 6.46. The number of rotatable bonds is 4. The van der Waals surface area contributed by atoms with Crippen LogP contribution in [-0.2, 0) is 9.53 Å². The molecule has 0 unspecified atom stereocenters. The number of fused-ring (bicyclic) bond motifs is 1. The summed E-state index contributed by atoms with van der Waals surface area (Å²) in [7, 11) is 0. The number of carbonyl (C=O) groups is 2. The van der Waals surface area contributed by atoms with Gasteiger partial charge in [0.25, 0.3) is 17.5 Å². The first-order valence-electron chi connectivity index (χ1n) is 8.08. The van der Waals surface area contributed by atoms with Crippen molar-refractivity contribution in [2.75, 3.05) is 11.9 Å². The van der Waals surface area contributed by atoms with Gasteiger partial charge < -0.3 is 10.1 Å².